The minimum atomic E-state index is -0.728. The van der Waals surface area contributed by atoms with E-state index in [0.29, 0.717) is 47.7 Å². The number of likely N-dealkylation sites (N-methyl/N-ethyl adjacent to an activating group) is 2. The normalized spacial score (nSPS) is 14.6. The second kappa shape index (κ2) is 16.0. The number of para-hydroxylation sites is 1. The number of aromatic nitrogens is 2. The molecule has 2 amide bonds. The lowest BCUT2D eigenvalue weighted by Crippen LogP contribution is -2.50. The first-order chi connectivity index (χ1) is 24.0. The summed E-state index contributed by atoms with van der Waals surface area (Å²) in [5.74, 6) is 0.745. The number of ether oxygens (including phenoxy) is 2. The maximum absolute atomic E-state index is 15.4. The highest BCUT2D eigenvalue weighted by atomic mass is 19.1. The van der Waals surface area contributed by atoms with Crippen molar-refractivity contribution in [3.63, 3.8) is 0 Å². The van der Waals surface area contributed by atoms with Gasteiger partial charge in [0.1, 0.15) is 23.1 Å². The first-order valence-electron chi connectivity index (χ1n) is 16.9. The quantitative estimate of drug-likeness (QED) is 0.181. The molecule has 1 aliphatic heterocycles. The lowest BCUT2D eigenvalue weighted by molar-refractivity contribution is -0.130. The van der Waals surface area contributed by atoms with E-state index < -0.39 is 6.09 Å². The molecule has 12 heteroatoms. The number of carbonyl (C=O) groups is 2. The number of anilines is 5. The molecule has 1 aliphatic rings. The summed E-state index contributed by atoms with van der Waals surface area (Å²) in [6, 6.07) is 17.7. The van der Waals surface area contributed by atoms with Gasteiger partial charge in [-0.2, -0.15) is 4.98 Å². The number of methoxy groups -OCH3 is 1. The van der Waals surface area contributed by atoms with E-state index in [1.165, 1.54) is 24.3 Å². The smallest absolute Gasteiger partial charge is 0.425 e. The van der Waals surface area contributed by atoms with Crippen LogP contribution in [0.4, 0.5) is 38.0 Å². The topological polar surface area (TPSA) is 103 Å². The average molecular weight is 684 g/mol. The Morgan fingerprint density at radius 2 is 1.76 bits per heavy atom. The summed E-state index contributed by atoms with van der Waals surface area (Å²) in [4.78, 5) is 43.4. The molecule has 1 N–H and O–H groups in total. The second-order valence-electron chi connectivity index (χ2n) is 12.5. The van der Waals surface area contributed by atoms with Gasteiger partial charge in [-0.15, -0.1) is 0 Å². The molecule has 0 saturated carbocycles. The molecule has 1 fully saturated rings. The van der Waals surface area contributed by atoms with Crippen LogP contribution in [0.25, 0.3) is 0 Å². The van der Waals surface area contributed by atoms with E-state index in [2.05, 4.69) is 39.1 Å². The van der Waals surface area contributed by atoms with Crippen LogP contribution in [-0.4, -0.2) is 84.7 Å². The number of carbonyl (C=O) groups excluding carboxylic acids is 2. The highest BCUT2D eigenvalue weighted by Crippen LogP contribution is 2.36. The monoisotopic (exact) mass is 683 g/mol. The molecule has 0 bridgehead atoms. The van der Waals surface area contributed by atoms with Crippen LogP contribution in [-0.2, 0) is 11.2 Å². The zero-order valence-corrected chi connectivity index (χ0v) is 29.9. The molecule has 5 rings (SSSR count). The molecule has 3 aromatic carbocycles. The van der Waals surface area contributed by atoms with Crippen molar-refractivity contribution in [2.45, 2.75) is 47.1 Å². The van der Waals surface area contributed by atoms with Gasteiger partial charge < -0.3 is 29.5 Å². The molecule has 1 atom stereocenters. The number of nitrogens with zero attached hydrogens (tertiary/aromatic N) is 6. The molecular weight excluding hydrogens is 637 g/mol. The first-order valence-corrected chi connectivity index (χ1v) is 16.9. The molecule has 2 heterocycles. The number of hydrogen-bond acceptors (Lipinski definition) is 9. The van der Waals surface area contributed by atoms with Crippen molar-refractivity contribution < 1.29 is 23.5 Å². The molecule has 1 unspecified atom stereocenters. The number of rotatable bonds is 11. The van der Waals surface area contributed by atoms with Crippen LogP contribution in [0.1, 0.15) is 37.5 Å². The van der Waals surface area contributed by atoms with Gasteiger partial charge in [0.25, 0.3) is 0 Å². The number of benzene rings is 3. The highest BCUT2D eigenvalue weighted by Gasteiger charge is 2.28. The number of piperazine rings is 1. The standard InChI is InChI=1S/C38H46FN7O4/c1-8-44(9-2)35(47)22-28-13-15-32(33(21-28)49-7)46(38(48)50-36-25(3)11-10-12-26(36)4)34-17-18-40-37(42-34)41-29-14-16-31(30(39)23-29)45-20-19-43(6)27(5)24-45/h10-18,21,23,27H,8-9,19-20,22,24H2,1-7H3,(H,40,41,42). The number of aryl methyl sites for hydroxylation is 2. The first kappa shape index (κ1) is 36.1. The number of amides is 2. The van der Waals surface area contributed by atoms with Gasteiger partial charge in [0, 0.05) is 56.7 Å². The van der Waals surface area contributed by atoms with E-state index in [9.17, 15) is 9.59 Å². The summed E-state index contributed by atoms with van der Waals surface area (Å²) in [5, 5.41) is 3.08. The third-order valence-electron chi connectivity index (χ3n) is 9.11. The van der Waals surface area contributed by atoms with E-state index in [1.54, 1.807) is 41.3 Å². The lowest BCUT2D eigenvalue weighted by Gasteiger charge is -2.39. The zero-order chi connectivity index (χ0) is 35.9. The Bertz CT molecular complexity index is 1810. The Labute approximate surface area is 293 Å². The minimum absolute atomic E-state index is 0.00910. The minimum Gasteiger partial charge on any atom is -0.495 e. The molecule has 0 radical (unpaired) electrons. The third kappa shape index (κ3) is 8.14. The Morgan fingerprint density at radius 1 is 1.02 bits per heavy atom. The van der Waals surface area contributed by atoms with Crippen molar-refractivity contribution in [3.8, 4) is 11.5 Å². The molecule has 50 heavy (non-hydrogen) atoms. The van der Waals surface area contributed by atoms with Crippen molar-refractivity contribution in [2.24, 2.45) is 0 Å². The van der Waals surface area contributed by atoms with Gasteiger partial charge in [-0.1, -0.05) is 24.3 Å². The SMILES string of the molecule is CCN(CC)C(=O)Cc1ccc(N(C(=O)Oc2c(C)cccc2C)c2ccnc(Nc3ccc(N4CCN(C)C(C)C4)c(F)c3)n2)c(OC)c1. The van der Waals surface area contributed by atoms with Crippen LogP contribution in [0.5, 0.6) is 11.5 Å². The molecule has 0 aliphatic carbocycles. The molecule has 1 saturated heterocycles. The summed E-state index contributed by atoms with van der Waals surface area (Å²) in [7, 11) is 3.57. The molecular formula is C38H46FN7O4. The Kier molecular flexibility index (Phi) is 11.5. The van der Waals surface area contributed by atoms with Crippen molar-refractivity contribution in [3.05, 3.63) is 89.4 Å². The van der Waals surface area contributed by atoms with Gasteiger partial charge in [0.15, 0.2) is 0 Å². The third-order valence-corrected chi connectivity index (χ3v) is 9.11. The van der Waals surface area contributed by atoms with Crippen LogP contribution in [0.15, 0.2) is 66.9 Å². The Hall–Kier alpha value is -5.23. The molecule has 11 nitrogen and oxygen atoms in total. The largest absolute Gasteiger partial charge is 0.495 e. The maximum Gasteiger partial charge on any atom is 0.425 e. The van der Waals surface area contributed by atoms with E-state index in [-0.39, 0.29) is 29.9 Å². The fraction of sp³-hybridized carbons (Fsp3) is 0.368. The number of nitrogens with one attached hydrogen (secondary N) is 1. The Balaban J connectivity index is 1.47. The van der Waals surface area contributed by atoms with Gasteiger partial charge in [-0.25, -0.2) is 19.1 Å². The van der Waals surface area contributed by atoms with E-state index in [4.69, 9.17) is 9.47 Å². The fourth-order valence-corrected chi connectivity index (χ4v) is 6.06. The van der Waals surface area contributed by atoms with Gasteiger partial charge >= 0.3 is 6.09 Å². The predicted molar refractivity (Wildman–Crippen MR) is 195 cm³/mol. The maximum atomic E-state index is 15.4. The molecule has 264 valence electrons. The van der Waals surface area contributed by atoms with Crippen LogP contribution >= 0.6 is 0 Å². The van der Waals surface area contributed by atoms with Crippen molar-refractivity contribution in [1.82, 2.24) is 19.8 Å². The van der Waals surface area contributed by atoms with Crippen LogP contribution in [0.2, 0.25) is 0 Å². The van der Waals surface area contributed by atoms with Gasteiger partial charge in [-0.3, -0.25) is 4.79 Å². The van der Waals surface area contributed by atoms with Gasteiger partial charge in [-0.05, 0) is 88.7 Å². The molecule has 4 aromatic rings. The van der Waals surface area contributed by atoms with Crippen LogP contribution < -0.4 is 24.6 Å². The molecule has 0 spiro atoms. The number of hydrogen-bond donors (Lipinski definition) is 1. The lowest BCUT2D eigenvalue weighted by atomic mass is 10.1. The van der Waals surface area contributed by atoms with Gasteiger partial charge in [0.2, 0.25) is 11.9 Å². The van der Waals surface area contributed by atoms with Gasteiger partial charge in [0.05, 0.1) is 24.9 Å². The predicted octanol–water partition coefficient (Wildman–Crippen LogP) is 6.87. The summed E-state index contributed by atoms with van der Waals surface area (Å²) >= 11 is 0. The fourth-order valence-electron chi connectivity index (χ4n) is 6.06. The van der Waals surface area contributed by atoms with Crippen molar-refractivity contribution in [2.75, 3.05) is 62.0 Å². The summed E-state index contributed by atoms with van der Waals surface area (Å²) in [6.07, 6.45) is 0.953. The van der Waals surface area contributed by atoms with Crippen LogP contribution in [0.3, 0.4) is 0 Å². The zero-order valence-electron chi connectivity index (χ0n) is 29.9. The number of halogens is 1. The Morgan fingerprint density at radius 3 is 2.42 bits per heavy atom. The molecule has 1 aromatic heterocycles. The van der Waals surface area contributed by atoms with E-state index >= 15 is 4.39 Å². The van der Waals surface area contributed by atoms with Crippen molar-refractivity contribution >= 4 is 40.8 Å². The summed E-state index contributed by atoms with van der Waals surface area (Å²) in [6.45, 7) is 13.3. The summed E-state index contributed by atoms with van der Waals surface area (Å²) in [5.41, 5.74) is 3.65. The van der Waals surface area contributed by atoms with E-state index in [1.807, 2.05) is 45.9 Å². The summed E-state index contributed by atoms with van der Waals surface area (Å²) < 4.78 is 27.2. The van der Waals surface area contributed by atoms with Crippen LogP contribution in [0, 0.1) is 19.7 Å². The average Bonchev–Trinajstić information content (AvgIpc) is 3.09. The van der Waals surface area contributed by atoms with E-state index in [0.717, 1.165) is 36.3 Å². The van der Waals surface area contributed by atoms with Crippen molar-refractivity contribution in [1.29, 1.82) is 0 Å². The highest BCUT2D eigenvalue weighted by molar-refractivity contribution is 5.98. The second-order valence-corrected chi connectivity index (χ2v) is 12.5.